The number of hydrogen-bond donors (Lipinski definition) is 3. The van der Waals surface area contributed by atoms with Crippen LogP contribution in [0.15, 0.2) is 24.3 Å². The number of carbonyl (C=O) groups excluding carboxylic acids is 2. The first-order valence-corrected chi connectivity index (χ1v) is 13.2. The normalized spacial score (nSPS) is 23.8. The van der Waals surface area contributed by atoms with E-state index in [4.69, 9.17) is 21.1 Å². The minimum atomic E-state index is -0.353. The van der Waals surface area contributed by atoms with Crippen LogP contribution in [0.5, 0.6) is 0 Å². The molecule has 1 aliphatic heterocycles. The minimum absolute atomic E-state index is 0. The van der Waals surface area contributed by atoms with Crippen molar-refractivity contribution in [3.05, 3.63) is 50.6 Å². The smallest absolute Gasteiger partial charge is 0.280 e. The van der Waals surface area contributed by atoms with Crippen molar-refractivity contribution >= 4 is 58.1 Å². The van der Waals surface area contributed by atoms with Gasteiger partial charge in [-0.1, -0.05) is 11.6 Å². The maximum atomic E-state index is 13.2. The molecule has 9 nitrogen and oxygen atoms in total. The van der Waals surface area contributed by atoms with Gasteiger partial charge in [0.25, 0.3) is 11.8 Å². The molecule has 2 amide bonds. The zero-order valence-corrected chi connectivity index (χ0v) is 23.3. The number of thiazole rings is 1. The highest BCUT2D eigenvalue weighted by atomic mass is 35.5. The van der Waals surface area contributed by atoms with Gasteiger partial charge in [-0.05, 0) is 44.2 Å². The van der Waals surface area contributed by atoms with E-state index in [1.54, 1.807) is 26.4 Å². The Morgan fingerprint density at radius 3 is 2.46 bits per heavy atom. The van der Waals surface area contributed by atoms with Gasteiger partial charge in [0.05, 0.1) is 30.0 Å². The minimum Gasteiger partial charge on any atom is -0.379 e. The predicted octanol–water partition coefficient (Wildman–Crippen LogP) is 3.41. The molecule has 5 rings (SSSR count). The molecule has 12 heteroatoms. The number of halogens is 2. The molecule has 0 radical (unpaired) electrons. The van der Waals surface area contributed by atoms with Crippen molar-refractivity contribution in [3.8, 4) is 0 Å². The molecular formula is C25H31Cl2N5O4S. The van der Waals surface area contributed by atoms with Gasteiger partial charge in [-0.15, -0.1) is 23.7 Å². The molecule has 200 valence electrons. The molecule has 3 heterocycles. The number of aromatic amines is 1. The number of carbonyl (C=O) groups is 2. The van der Waals surface area contributed by atoms with E-state index in [0.717, 1.165) is 41.0 Å². The summed E-state index contributed by atoms with van der Waals surface area (Å²) in [4.78, 5) is 37.5. The Morgan fingerprint density at radius 1 is 1.11 bits per heavy atom. The summed E-state index contributed by atoms with van der Waals surface area (Å²) in [6.45, 7) is 1.74. The second-order valence-corrected chi connectivity index (χ2v) is 11.0. The number of nitrogens with one attached hydrogen (secondary N) is 3. The topological polar surface area (TPSA) is 109 Å². The van der Waals surface area contributed by atoms with Gasteiger partial charge in [0.1, 0.15) is 5.69 Å². The van der Waals surface area contributed by atoms with Crippen molar-refractivity contribution < 1.29 is 19.1 Å². The second kappa shape index (κ2) is 11.7. The van der Waals surface area contributed by atoms with Crippen LogP contribution in [0.2, 0.25) is 5.02 Å². The third-order valence-corrected chi connectivity index (χ3v) is 8.37. The third-order valence-electron chi connectivity index (χ3n) is 7.06. The molecule has 0 unspecified atom stereocenters. The van der Waals surface area contributed by atoms with Crippen molar-refractivity contribution in [2.24, 2.45) is 0 Å². The van der Waals surface area contributed by atoms with Crippen LogP contribution in [0.3, 0.4) is 0 Å². The van der Waals surface area contributed by atoms with Crippen molar-refractivity contribution in [1.29, 1.82) is 0 Å². The lowest BCUT2D eigenvalue weighted by molar-refractivity contribution is -0.0709. The van der Waals surface area contributed by atoms with Crippen LogP contribution in [0, 0.1) is 0 Å². The number of amides is 2. The van der Waals surface area contributed by atoms with Crippen LogP contribution in [-0.4, -0.2) is 78.8 Å². The van der Waals surface area contributed by atoms with Crippen LogP contribution in [0.25, 0.3) is 10.9 Å². The lowest BCUT2D eigenvalue weighted by Crippen LogP contribution is -2.59. The van der Waals surface area contributed by atoms with Gasteiger partial charge in [-0.3, -0.25) is 9.59 Å². The SMILES string of the molecule is CO[C@H]1C[C@H](NC(=O)c2nc3c(s2)CN(C)CC3)[C@H](NC(=O)c2cc3cc(Cl)ccc3[nH]2)C[C@H]1OC.Cl. The second-order valence-electron chi connectivity index (χ2n) is 9.47. The lowest BCUT2D eigenvalue weighted by atomic mass is 9.85. The molecule has 3 N–H and O–H groups in total. The fourth-order valence-corrected chi connectivity index (χ4v) is 6.34. The van der Waals surface area contributed by atoms with Gasteiger partial charge in [-0.2, -0.15) is 0 Å². The molecule has 0 bridgehead atoms. The van der Waals surface area contributed by atoms with E-state index < -0.39 is 0 Å². The molecule has 3 aromatic rings. The molecule has 1 aromatic carbocycles. The molecule has 0 spiro atoms. The first-order chi connectivity index (χ1) is 17.3. The summed E-state index contributed by atoms with van der Waals surface area (Å²) in [6.07, 6.45) is 1.42. The summed E-state index contributed by atoms with van der Waals surface area (Å²) in [5.74, 6) is -0.489. The Labute approximate surface area is 230 Å². The number of fused-ring (bicyclic) bond motifs is 2. The highest BCUT2D eigenvalue weighted by Gasteiger charge is 2.40. The van der Waals surface area contributed by atoms with Crippen molar-refractivity contribution in [2.75, 3.05) is 27.8 Å². The van der Waals surface area contributed by atoms with E-state index in [9.17, 15) is 9.59 Å². The van der Waals surface area contributed by atoms with E-state index in [2.05, 4.69) is 32.5 Å². The zero-order valence-electron chi connectivity index (χ0n) is 20.9. The van der Waals surface area contributed by atoms with E-state index in [0.29, 0.717) is 28.6 Å². The van der Waals surface area contributed by atoms with Crippen LogP contribution in [0.4, 0.5) is 0 Å². The average molecular weight is 569 g/mol. The van der Waals surface area contributed by atoms with Gasteiger partial charge in [-0.25, -0.2) is 4.98 Å². The highest BCUT2D eigenvalue weighted by Crippen LogP contribution is 2.28. The number of rotatable bonds is 6. The average Bonchev–Trinajstić information content (AvgIpc) is 3.48. The number of methoxy groups -OCH3 is 2. The van der Waals surface area contributed by atoms with Crippen LogP contribution in [0.1, 0.15) is 43.7 Å². The largest absolute Gasteiger partial charge is 0.379 e. The van der Waals surface area contributed by atoms with Crippen molar-refractivity contribution in [1.82, 2.24) is 25.5 Å². The lowest BCUT2D eigenvalue weighted by Gasteiger charge is -2.40. The van der Waals surface area contributed by atoms with Crippen LogP contribution < -0.4 is 10.6 Å². The third kappa shape index (κ3) is 5.94. The summed E-state index contributed by atoms with van der Waals surface area (Å²) >= 11 is 7.53. The quantitative estimate of drug-likeness (QED) is 0.421. The highest BCUT2D eigenvalue weighted by molar-refractivity contribution is 7.13. The maximum Gasteiger partial charge on any atom is 0.280 e. The summed E-state index contributed by atoms with van der Waals surface area (Å²) in [5, 5.41) is 8.14. The van der Waals surface area contributed by atoms with Gasteiger partial charge in [0.15, 0.2) is 5.01 Å². The van der Waals surface area contributed by atoms with Gasteiger partial charge in [0.2, 0.25) is 0 Å². The Morgan fingerprint density at radius 2 is 1.78 bits per heavy atom. The Hall–Kier alpha value is -2.21. The van der Waals surface area contributed by atoms with E-state index in [-0.39, 0.29) is 48.5 Å². The fourth-order valence-electron chi connectivity index (χ4n) is 5.07. The molecule has 2 aliphatic rings. The Balaban J connectivity index is 0.00000320. The standard InChI is InChI=1S/C25H30ClN5O4S.ClH/c1-31-7-6-16-22(12-31)36-25(30-16)24(33)29-18-11-21(35-3)20(34-2)10-17(18)28-23(32)19-9-13-8-14(26)4-5-15(13)27-19;/h4-5,8-9,17-18,20-21,27H,6-7,10-12H2,1-3H3,(H,28,32)(H,29,33);1H/t17-,18+,20-,21+;/m1./s1. The molecule has 1 aliphatic carbocycles. The number of benzene rings is 1. The number of nitrogens with zero attached hydrogens (tertiary/aromatic N) is 2. The first-order valence-electron chi connectivity index (χ1n) is 12.0. The predicted molar refractivity (Wildman–Crippen MR) is 146 cm³/mol. The number of H-pyrrole nitrogens is 1. The molecule has 4 atom stereocenters. The number of aromatic nitrogens is 2. The van der Waals surface area contributed by atoms with E-state index >= 15 is 0 Å². The number of ether oxygens (including phenoxy) is 2. The Kier molecular flexibility index (Phi) is 8.77. The van der Waals surface area contributed by atoms with Gasteiger partial charge >= 0.3 is 0 Å². The van der Waals surface area contributed by atoms with E-state index in [1.165, 1.54) is 11.3 Å². The molecule has 2 aromatic heterocycles. The summed E-state index contributed by atoms with van der Waals surface area (Å²) in [6, 6.07) is 6.50. The molecule has 1 fully saturated rings. The zero-order chi connectivity index (χ0) is 25.4. The number of hydrogen-bond acceptors (Lipinski definition) is 7. The Bertz CT molecular complexity index is 1280. The van der Waals surface area contributed by atoms with Gasteiger partial charge in [0, 0.05) is 54.5 Å². The monoisotopic (exact) mass is 567 g/mol. The molecule has 0 saturated heterocycles. The van der Waals surface area contributed by atoms with Gasteiger partial charge < -0.3 is 30.0 Å². The summed E-state index contributed by atoms with van der Waals surface area (Å²) in [5.41, 5.74) is 2.26. The first kappa shape index (κ1) is 27.8. The van der Waals surface area contributed by atoms with Crippen molar-refractivity contribution in [2.45, 2.75) is 50.1 Å². The van der Waals surface area contributed by atoms with Crippen LogP contribution in [-0.2, 0) is 22.4 Å². The van der Waals surface area contributed by atoms with Crippen molar-refractivity contribution in [3.63, 3.8) is 0 Å². The summed E-state index contributed by atoms with van der Waals surface area (Å²) < 4.78 is 11.3. The number of likely N-dealkylation sites (N-methyl/N-ethyl adjacent to an activating group) is 1. The van der Waals surface area contributed by atoms with E-state index in [1.807, 2.05) is 12.1 Å². The molecular weight excluding hydrogens is 537 g/mol. The molecule has 37 heavy (non-hydrogen) atoms. The van der Waals surface area contributed by atoms with Crippen LogP contribution >= 0.6 is 35.3 Å². The molecule has 1 saturated carbocycles. The fraction of sp³-hybridized carbons (Fsp3) is 0.480. The maximum absolute atomic E-state index is 13.2. The summed E-state index contributed by atoms with van der Waals surface area (Å²) in [7, 11) is 5.33.